The monoisotopic (exact) mass is 419 g/mol. The number of fused-ring (bicyclic) bond motifs is 3. The zero-order valence-corrected chi connectivity index (χ0v) is 16.6. The number of aromatic hydroxyl groups is 1. The van der Waals surface area contributed by atoms with Gasteiger partial charge >= 0.3 is 12.1 Å². The average molecular weight is 419 g/mol. The Balaban J connectivity index is 1.23. The number of alkyl carbamates (subject to hydrolysis) is 1. The van der Waals surface area contributed by atoms with Crippen molar-refractivity contribution >= 4 is 12.1 Å². The summed E-state index contributed by atoms with van der Waals surface area (Å²) in [6, 6.07) is 18.6. The Labute approximate surface area is 178 Å². The van der Waals surface area contributed by atoms with Gasteiger partial charge in [-0.3, -0.25) is 0 Å². The summed E-state index contributed by atoms with van der Waals surface area (Å²) in [4.78, 5) is 22.9. The molecule has 31 heavy (non-hydrogen) atoms. The van der Waals surface area contributed by atoms with Crippen molar-refractivity contribution in [2.24, 2.45) is 0 Å². The van der Waals surface area contributed by atoms with E-state index in [0.717, 1.165) is 12.0 Å². The number of hydrogen-bond acceptors (Lipinski definition) is 5. The number of ether oxygens (including phenoxy) is 2. The first-order valence-corrected chi connectivity index (χ1v) is 9.81. The summed E-state index contributed by atoms with van der Waals surface area (Å²) in [5.41, 5.74) is 5.65. The van der Waals surface area contributed by atoms with E-state index >= 15 is 0 Å². The fraction of sp³-hybridized carbons (Fsp3) is 0.167. The minimum absolute atomic E-state index is 0.0363. The van der Waals surface area contributed by atoms with Gasteiger partial charge < -0.3 is 25.0 Å². The average Bonchev–Trinajstić information content (AvgIpc) is 3.14. The number of carboxylic acids is 1. The third-order valence-corrected chi connectivity index (χ3v) is 5.09. The van der Waals surface area contributed by atoms with Crippen molar-refractivity contribution < 1.29 is 29.3 Å². The molecule has 0 unspecified atom stereocenters. The molecule has 0 fully saturated rings. The van der Waals surface area contributed by atoms with Gasteiger partial charge in [0.15, 0.2) is 11.5 Å². The predicted octanol–water partition coefficient (Wildman–Crippen LogP) is 3.97. The van der Waals surface area contributed by atoms with Crippen LogP contribution in [0.3, 0.4) is 0 Å². The molecule has 7 nitrogen and oxygen atoms in total. The molecule has 158 valence electrons. The lowest BCUT2D eigenvalue weighted by molar-refractivity contribution is 0.0692. The zero-order valence-electron chi connectivity index (χ0n) is 16.6. The van der Waals surface area contributed by atoms with Crippen LogP contribution in [0.5, 0.6) is 11.5 Å². The molecule has 0 aromatic heterocycles. The van der Waals surface area contributed by atoms with E-state index in [2.05, 4.69) is 29.6 Å². The van der Waals surface area contributed by atoms with Gasteiger partial charge in [-0.05, 0) is 46.4 Å². The standard InChI is InChI=1S/C24H21NO6/c26-22-20(23(27)28)6-3-7-21(22)30-11-10-25-24(29)31-14-15-8-9-19-17(12-15)13-16-4-1-2-5-18(16)19/h1-9,12,26H,10-11,13-14H2,(H,25,29)(H,27,28). The molecule has 0 spiro atoms. The van der Waals surface area contributed by atoms with Crippen molar-refractivity contribution in [1.29, 1.82) is 0 Å². The Hall–Kier alpha value is -4.00. The second-order valence-electron chi connectivity index (χ2n) is 7.13. The molecule has 3 N–H and O–H groups in total. The molecular formula is C24H21NO6. The van der Waals surface area contributed by atoms with Crippen LogP contribution in [-0.4, -0.2) is 35.4 Å². The maximum Gasteiger partial charge on any atom is 0.407 e. The van der Waals surface area contributed by atoms with Crippen LogP contribution in [0.4, 0.5) is 4.79 Å². The highest BCUT2D eigenvalue weighted by Gasteiger charge is 2.18. The molecule has 3 aromatic carbocycles. The summed E-state index contributed by atoms with van der Waals surface area (Å²) in [6.07, 6.45) is 0.287. The van der Waals surface area contributed by atoms with E-state index in [1.165, 1.54) is 40.5 Å². The van der Waals surface area contributed by atoms with E-state index in [-0.39, 0.29) is 31.1 Å². The van der Waals surface area contributed by atoms with E-state index in [1.54, 1.807) is 0 Å². The van der Waals surface area contributed by atoms with Crippen molar-refractivity contribution in [1.82, 2.24) is 5.32 Å². The number of nitrogens with one attached hydrogen (secondary N) is 1. The fourth-order valence-electron chi connectivity index (χ4n) is 3.61. The maximum absolute atomic E-state index is 11.9. The first kappa shape index (κ1) is 20.3. The smallest absolute Gasteiger partial charge is 0.407 e. The molecule has 7 heteroatoms. The SMILES string of the molecule is O=C(NCCOc1cccc(C(=O)O)c1O)OCc1ccc2c(c1)Cc1ccccc1-2. The number of benzene rings is 3. The molecule has 3 aromatic rings. The predicted molar refractivity (Wildman–Crippen MR) is 113 cm³/mol. The highest BCUT2D eigenvalue weighted by molar-refractivity contribution is 5.91. The third-order valence-electron chi connectivity index (χ3n) is 5.09. The summed E-state index contributed by atoms with van der Waals surface area (Å²) in [5.74, 6) is -1.66. The summed E-state index contributed by atoms with van der Waals surface area (Å²) >= 11 is 0. The number of rotatable bonds is 7. The number of hydrogen-bond donors (Lipinski definition) is 3. The van der Waals surface area contributed by atoms with Crippen LogP contribution < -0.4 is 10.1 Å². The van der Waals surface area contributed by atoms with E-state index in [1.807, 2.05) is 18.2 Å². The van der Waals surface area contributed by atoms with Crippen molar-refractivity contribution in [3.8, 4) is 22.6 Å². The topological polar surface area (TPSA) is 105 Å². The molecule has 1 aliphatic carbocycles. The van der Waals surface area contributed by atoms with Crippen molar-refractivity contribution in [2.75, 3.05) is 13.2 Å². The van der Waals surface area contributed by atoms with Gasteiger partial charge in [-0.25, -0.2) is 9.59 Å². The third kappa shape index (κ3) is 4.45. The van der Waals surface area contributed by atoms with Gasteiger partial charge in [0.2, 0.25) is 0 Å². The largest absolute Gasteiger partial charge is 0.504 e. The van der Waals surface area contributed by atoms with Crippen LogP contribution in [0.1, 0.15) is 27.0 Å². The number of phenols is 1. The number of carbonyl (C=O) groups excluding carboxylic acids is 1. The van der Waals surface area contributed by atoms with Gasteiger partial charge in [0.05, 0.1) is 6.54 Å². The Bertz CT molecular complexity index is 1140. The van der Waals surface area contributed by atoms with Gasteiger partial charge in [-0.2, -0.15) is 0 Å². The molecule has 1 amide bonds. The van der Waals surface area contributed by atoms with E-state index < -0.39 is 17.8 Å². The first-order valence-electron chi connectivity index (χ1n) is 9.81. The van der Waals surface area contributed by atoms with Crippen molar-refractivity contribution in [2.45, 2.75) is 13.0 Å². The summed E-state index contributed by atoms with van der Waals surface area (Å²) in [6.45, 7) is 0.329. The van der Waals surface area contributed by atoms with Gasteiger partial charge in [-0.15, -0.1) is 0 Å². The van der Waals surface area contributed by atoms with Crippen LogP contribution >= 0.6 is 0 Å². The minimum atomic E-state index is -1.25. The van der Waals surface area contributed by atoms with Crippen molar-refractivity contribution in [3.05, 3.63) is 82.9 Å². The Morgan fingerprint density at radius 3 is 2.61 bits per heavy atom. The lowest BCUT2D eigenvalue weighted by atomic mass is 10.0. The molecular weight excluding hydrogens is 398 g/mol. The highest BCUT2D eigenvalue weighted by Crippen LogP contribution is 2.36. The molecule has 0 saturated carbocycles. The lowest BCUT2D eigenvalue weighted by Crippen LogP contribution is -2.28. The summed E-state index contributed by atoms with van der Waals surface area (Å²) in [5, 5.41) is 21.4. The lowest BCUT2D eigenvalue weighted by Gasteiger charge is -2.11. The van der Waals surface area contributed by atoms with Crippen LogP contribution in [-0.2, 0) is 17.8 Å². The molecule has 0 heterocycles. The van der Waals surface area contributed by atoms with Gasteiger partial charge in [0.25, 0.3) is 0 Å². The Kier molecular flexibility index (Phi) is 5.75. The van der Waals surface area contributed by atoms with E-state index in [9.17, 15) is 14.7 Å². The normalized spacial score (nSPS) is 11.4. The minimum Gasteiger partial charge on any atom is -0.504 e. The number of para-hydroxylation sites is 1. The van der Waals surface area contributed by atoms with Crippen LogP contribution in [0.15, 0.2) is 60.7 Å². The molecule has 0 saturated heterocycles. The Morgan fingerprint density at radius 1 is 0.968 bits per heavy atom. The molecule has 0 radical (unpaired) electrons. The molecule has 0 atom stereocenters. The van der Waals surface area contributed by atoms with Gasteiger partial charge in [0.1, 0.15) is 18.8 Å². The van der Waals surface area contributed by atoms with Crippen LogP contribution in [0.25, 0.3) is 11.1 Å². The number of carboxylic acid groups (broad SMARTS) is 1. The number of amides is 1. The van der Waals surface area contributed by atoms with Gasteiger partial charge in [-0.1, -0.05) is 48.5 Å². The zero-order chi connectivity index (χ0) is 21.8. The molecule has 4 rings (SSSR count). The van der Waals surface area contributed by atoms with E-state index in [4.69, 9.17) is 14.6 Å². The molecule has 0 bridgehead atoms. The fourth-order valence-corrected chi connectivity index (χ4v) is 3.61. The van der Waals surface area contributed by atoms with Crippen molar-refractivity contribution in [3.63, 3.8) is 0 Å². The highest BCUT2D eigenvalue weighted by atomic mass is 16.5. The maximum atomic E-state index is 11.9. The van der Waals surface area contributed by atoms with E-state index in [0.29, 0.717) is 0 Å². The molecule has 0 aliphatic heterocycles. The molecule has 1 aliphatic rings. The summed E-state index contributed by atoms with van der Waals surface area (Å²) in [7, 11) is 0. The van der Waals surface area contributed by atoms with Crippen LogP contribution in [0.2, 0.25) is 0 Å². The number of carbonyl (C=O) groups is 2. The second-order valence-corrected chi connectivity index (χ2v) is 7.13. The Morgan fingerprint density at radius 2 is 1.77 bits per heavy atom. The number of aromatic carboxylic acids is 1. The first-order chi connectivity index (χ1) is 15.0. The second kappa shape index (κ2) is 8.79. The van der Waals surface area contributed by atoms with Crippen LogP contribution in [0, 0.1) is 0 Å². The quantitative estimate of drug-likeness (QED) is 0.392. The summed E-state index contributed by atoms with van der Waals surface area (Å²) < 4.78 is 10.6. The van der Waals surface area contributed by atoms with Gasteiger partial charge in [0, 0.05) is 0 Å².